The van der Waals surface area contributed by atoms with Crippen LogP contribution in [0, 0.1) is 5.92 Å². The molecule has 0 radical (unpaired) electrons. The van der Waals surface area contributed by atoms with Gasteiger partial charge in [0.2, 0.25) is 5.13 Å². The molecule has 1 unspecified atom stereocenters. The summed E-state index contributed by atoms with van der Waals surface area (Å²) in [6.45, 7) is 2.08. The predicted molar refractivity (Wildman–Crippen MR) is 92.8 cm³/mol. The van der Waals surface area contributed by atoms with E-state index in [4.69, 9.17) is 4.74 Å². The fourth-order valence-electron chi connectivity index (χ4n) is 2.68. The van der Waals surface area contributed by atoms with Gasteiger partial charge in [0.15, 0.2) is 0 Å². The molecule has 0 saturated carbocycles. The van der Waals surface area contributed by atoms with Gasteiger partial charge in [-0.2, -0.15) is 4.37 Å². The van der Waals surface area contributed by atoms with Gasteiger partial charge in [-0.1, -0.05) is 0 Å². The fourth-order valence-corrected chi connectivity index (χ4v) is 3.10. The van der Waals surface area contributed by atoms with Crippen LogP contribution in [-0.2, 0) is 6.42 Å². The lowest BCUT2D eigenvalue weighted by molar-refractivity contribution is 0.102. The van der Waals surface area contributed by atoms with Crippen molar-refractivity contribution in [1.82, 2.24) is 14.7 Å². The Morgan fingerprint density at radius 2 is 2.39 bits per heavy atom. The lowest BCUT2D eigenvalue weighted by atomic mass is 9.96. The summed E-state index contributed by atoms with van der Waals surface area (Å²) >= 11 is 1.16. The average molecular weight is 355 g/mol. The number of rotatable bonds is 5. The van der Waals surface area contributed by atoms with Crippen molar-refractivity contribution < 1.29 is 9.53 Å². The lowest BCUT2D eigenvalue weighted by Crippen LogP contribution is -2.14. The number of nitrogens with zero attached hydrogens (tertiary/aromatic N) is 2. The van der Waals surface area contributed by atoms with Crippen LogP contribution in [-0.4, -0.2) is 35.5 Å². The molecule has 1 aliphatic heterocycles. The number of nitrogens with one attached hydrogen (secondary N) is 2. The number of carbonyl (C=O) groups is 1. The van der Waals surface area contributed by atoms with Gasteiger partial charge in [-0.3, -0.25) is 10.1 Å². The number of ether oxygens (including phenoxy) is 1. The third-order valence-electron chi connectivity index (χ3n) is 3.80. The molecule has 1 atom stereocenters. The summed E-state index contributed by atoms with van der Waals surface area (Å²) in [5.74, 6) is 1.25. The molecule has 124 valence electrons. The Kier molecular flexibility index (Phi) is 6.32. The first-order valence-electron chi connectivity index (χ1n) is 7.22. The van der Waals surface area contributed by atoms with Crippen LogP contribution in [0.3, 0.4) is 0 Å². The van der Waals surface area contributed by atoms with E-state index < -0.39 is 0 Å². The second-order valence-electron chi connectivity index (χ2n) is 5.29. The molecule has 6 nitrogen and oxygen atoms in total. The number of benzene rings is 1. The van der Waals surface area contributed by atoms with Crippen LogP contribution < -0.4 is 15.4 Å². The molecule has 0 spiro atoms. The Morgan fingerprint density at radius 1 is 1.52 bits per heavy atom. The third-order valence-corrected chi connectivity index (χ3v) is 4.38. The zero-order valence-corrected chi connectivity index (χ0v) is 14.4. The number of aromatic nitrogens is 2. The number of carbonyl (C=O) groups excluding carboxylic acids is 1. The van der Waals surface area contributed by atoms with Gasteiger partial charge in [0, 0.05) is 17.1 Å². The highest BCUT2D eigenvalue weighted by Crippen LogP contribution is 2.25. The first-order valence-corrected chi connectivity index (χ1v) is 7.99. The normalized spacial score (nSPS) is 16.7. The zero-order chi connectivity index (χ0) is 15.4. The number of hydrogen-bond donors (Lipinski definition) is 2. The van der Waals surface area contributed by atoms with Crippen LogP contribution >= 0.6 is 23.9 Å². The van der Waals surface area contributed by atoms with E-state index in [2.05, 4.69) is 20.0 Å². The predicted octanol–water partition coefficient (Wildman–Crippen LogP) is 2.37. The minimum absolute atomic E-state index is 0. The van der Waals surface area contributed by atoms with Crippen molar-refractivity contribution in [3.63, 3.8) is 0 Å². The van der Waals surface area contributed by atoms with Gasteiger partial charge in [-0.25, -0.2) is 4.98 Å². The van der Waals surface area contributed by atoms with Crippen molar-refractivity contribution in [2.75, 3.05) is 25.5 Å². The highest BCUT2D eigenvalue weighted by molar-refractivity contribution is 7.09. The van der Waals surface area contributed by atoms with E-state index in [1.807, 2.05) is 12.1 Å². The Hall–Kier alpha value is -1.70. The van der Waals surface area contributed by atoms with Gasteiger partial charge < -0.3 is 10.1 Å². The van der Waals surface area contributed by atoms with E-state index in [0.717, 1.165) is 48.8 Å². The van der Waals surface area contributed by atoms with Gasteiger partial charge >= 0.3 is 0 Å². The molecular formula is C15H19ClN4O2S. The van der Waals surface area contributed by atoms with Crippen LogP contribution in [0.15, 0.2) is 24.5 Å². The maximum Gasteiger partial charge on any atom is 0.257 e. The Bertz CT molecular complexity index is 645. The first-order chi connectivity index (χ1) is 10.8. The van der Waals surface area contributed by atoms with Gasteiger partial charge in [0.25, 0.3) is 5.91 Å². The minimum Gasteiger partial charge on any atom is -0.496 e. The summed E-state index contributed by atoms with van der Waals surface area (Å²) in [7, 11) is 1.66. The summed E-state index contributed by atoms with van der Waals surface area (Å²) < 4.78 is 9.30. The molecule has 1 amide bonds. The molecule has 8 heteroatoms. The van der Waals surface area contributed by atoms with Crippen LogP contribution in [0.4, 0.5) is 5.13 Å². The van der Waals surface area contributed by atoms with Crippen LogP contribution in [0.25, 0.3) is 0 Å². The second kappa shape index (κ2) is 8.24. The van der Waals surface area contributed by atoms with Crippen molar-refractivity contribution >= 4 is 35.0 Å². The molecular weight excluding hydrogens is 336 g/mol. The molecule has 2 N–H and O–H groups in total. The summed E-state index contributed by atoms with van der Waals surface area (Å²) in [4.78, 5) is 16.2. The van der Waals surface area contributed by atoms with Crippen molar-refractivity contribution in [2.24, 2.45) is 5.92 Å². The molecule has 1 aromatic heterocycles. The number of anilines is 1. The molecule has 1 saturated heterocycles. The molecule has 0 bridgehead atoms. The monoisotopic (exact) mass is 354 g/mol. The SMILES string of the molecule is COc1ccc(C(=O)Nc2ncns2)cc1CC1CCNC1.Cl. The Morgan fingerprint density at radius 3 is 3.04 bits per heavy atom. The number of methoxy groups -OCH3 is 1. The van der Waals surface area contributed by atoms with Crippen molar-refractivity contribution in [3.8, 4) is 5.75 Å². The summed E-state index contributed by atoms with van der Waals surface area (Å²) in [6.07, 6.45) is 3.49. The van der Waals surface area contributed by atoms with Crippen molar-refractivity contribution in [1.29, 1.82) is 0 Å². The number of amides is 1. The molecule has 23 heavy (non-hydrogen) atoms. The smallest absolute Gasteiger partial charge is 0.257 e. The van der Waals surface area contributed by atoms with E-state index in [-0.39, 0.29) is 18.3 Å². The lowest BCUT2D eigenvalue weighted by Gasteiger charge is -2.13. The topological polar surface area (TPSA) is 76.1 Å². The van der Waals surface area contributed by atoms with Crippen LogP contribution in [0.2, 0.25) is 0 Å². The molecule has 2 aromatic rings. The third kappa shape index (κ3) is 4.40. The minimum atomic E-state index is -0.176. The number of halogens is 1. The van der Waals surface area contributed by atoms with Gasteiger partial charge in [0.05, 0.1) is 7.11 Å². The second-order valence-corrected chi connectivity index (χ2v) is 6.07. The standard InChI is InChI=1S/C15H18N4O2S.ClH/c1-21-13-3-2-11(14(20)19-15-17-9-18-22-15)7-12(13)6-10-4-5-16-8-10;/h2-3,7,9-10,16H,4-6,8H2,1H3,(H,17,18,19,20);1H. The maximum absolute atomic E-state index is 12.3. The van der Waals surface area contributed by atoms with Crippen LogP contribution in [0.5, 0.6) is 5.75 Å². The summed E-state index contributed by atoms with van der Waals surface area (Å²) in [5.41, 5.74) is 1.68. The molecule has 0 aliphatic carbocycles. The van der Waals surface area contributed by atoms with E-state index in [0.29, 0.717) is 16.6 Å². The highest BCUT2D eigenvalue weighted by atomic mass is 35.5. The van der Waals surface area contributed by atoms with Crippen molar-refractivity contribution in [2.45, 2.75) is 12.8 Å². The molecule has 3 rings (SSSR count). The quantitative estimate of drug-likeness (QED) is 0.862. The Balaban J connectivity index is 0.00000192. The molecule has 1 aromatic carbocycles. The molecule has 2 heterocycles. The molecule has 1 aliphatic rings. The van der Waals surface area contributed by atoms with E-state index in [9.17, 15) is 4.79 Å². The summed E-state index contributed by atoms with van der Waals surface area (Å²) in [5, 5.41) is 6.61. The zero-order valence-electron chi connectivity index (χ0n) is 12.7. The van der Waals surface area contributed by atoms with Crippen molar-refractivity contribution in [3.05, 3.63) is 35.7 Å². The first kappa shape index (κ1) is 17.7. The summed E-state index contributed by atoms with van der Waals surface area (Å²) in [6, 6.07) is 5.53. The van der Waals surface area contributed by atoms with E-state index >= 15 is 0 Å². The highest BCUT2D eigenvalue weighted by Gasteiger charge is 2.18. The fraction of sp³-hybridized carbons (Fsp3) is 0.400. The van der Waals surface area contributed by atoms with E-state index in [1.54, 1.807) is 13.2 Å². The maximum atomic E-state index is 12.3. The van der Waals surface area contributed by atoms with Gasteiger partial charge in [-0.05, 0) is 55.6 Å². The Labute approximate surface area is 145 Å². The van der Waals surface area contributed by atoms with Gasteiger partial charge in [-0.15, -0.1) is 12.4 Å². The van der Waals surface area contributed by atoms with E-state index in [1.165, 1.54) is 6.33 Å². The van der Waals surface area contributed by atoms with Gasteiger partial charge in [0.1, 0.15) is 12.1 Å². The largest absolute Gasteiger partial charge is 0.496 e. The molecule has 1 fully saturated rings. The average Bonchev–Trinajstić information content (AvgIpc) is 3.21. The number of hydrogen-bond acceptors (Lipinski definition) is 6. The van der Waals surface area contributed by atoms with Crippen LogP contribution in [0.1, 0.15) is 22.3 Å².